The van der Waals surface area contributed by atoms with Gasteiger partial charge in [-0.05, 0) is 61.0 Å². The predicted molar refractivity (Wildman–Crippen MR) is 136 cm³/mol. The lowest BCUT2D eigenvalue weighted by molar-refractivity contribution is 0.0628. The molecule has 0 atom stereocenters. The van der Waals surface area contributed by atoms with Crippen molar-refractivity contribution in [3.05, 3.63) is 95.1 Å². The van der Waals surface area contributed by atoms with Crippen LogP contribution in [0.2, 0.25) is 0 Å². The molecule has 3 aromatic carbocycles. The molecule has 1 heterocycles. The SMILES string of the molecule is Cc1ccc(S(=O)(=O)N(C)c2ccc(C(=O)N3CCN(Cc4ccc(C#N)cc4)CC3)cc2)cc1. The van der Waals surface area contributed by atoms with E-state index in [-0.39, 0.29) is 10.8 Å². The maximum absolute atomic E-state index is 13.0. The summed E-state index contributed by atoms with van der Waals surface area (Å²) in [4.78, 5) is 17.4. The summed E-state index contributed by atoms with van der Waals surface area (Å²) >= 11 is 0. The highest BCUT2D eigenvalue weighted by Gasteiger charge is 2.24. The molecule has 35 heavy (non-hydrogen) atoms. The van der Waals surface area contributed by atoms with E-state index in [0.717, 1.165) is 30.8 Å². The van der Waals surface area contributed by atoms with Crippen LogP contribution in [-0.4, -0.2) is 57.4 Å². The molecule has 0 unspecified atom stereocenters. The van der Waals surface area contributed by atoms with Crippen LogP contribution in [0.1, 0.15) is 27.0 Å². The Labute approximate surface area is 206 Å². The van der Waals surface area contributed by atoms with Gasteiger partial charge in [0, 0.05) is 45.3 Å². The van der Waals surface area contributed by atoms with E-state index in [0.29, 0.717) is 29.9 Å². The average molecular weight is 489 g/mol. The number of nitrogens with zero attached hydrogens (tertiary/aromatic N) is 4. The Morgan fingerprint density at radius 1 is 0.914 bits per heavy atom. The standard InChI is InChI=1S/C27H28N4O3S/c1-21-3-13-26(14-4-21)35(33,34)29(2)25-11-9-24(10-12-25)27(32)31-17-15-30(16-18-31)20-23-7-5-22(19-28)6-8-23/h3-14H,15-18,20H2,1-2H3. The average Bonchev–Trinajstić information content (AvgIpc) is 2.89. The van der Waals surface area contributed by atoms with Gasteiger partial charge in [0.2, 0.25) is 0 Å². The quantitative estimate of drug-likeness (QED) is 0.529. The van der Waals surface area contributed by atoms with Crippen LogP contribution in [0.3, 0.4) is 0 Å². The molecule has 3 aromatic rings. The van der Waals surface area contributed by atoms with Crippen molar-refractivity contribution in [2.75, 3.05) is 37.5 Å². The van der Waals surface area contributed by atoms with Gasteiger partial charge in [-0.2, -0.15) is 5.26 Å². The van der Waals surface area contributed by atoms with Gasteiger partial charge in [-0.25, -0.2) is 8.42 Å². The summed E-state index contributed by atoms with van der Waals surface area (Å²) in [5.74, 6) is -0.0568. The number of anilines is 1. The van der Waals surface area contributed by atoms with Crippen LogP contribution in [0.15, 0.2) is 77.7 Å². The number of carbonyl (C=O) groups is 1. The molecule has 1 aliphatic rings. The van der Waals surface area contributed by atoms with Gasteiger partial charge >= 0.3 is 0 Å². The number of nitriles is 1. The molecular weight excluding hydrogens is 460 g/mol. The molecule has 0 radical (unpaired) electrons. The normalized spacial score (nSPS) is 14.4. The van der Waals surface area contributed by atoms with Crippen LogP contribution in [0.25, 0.3) is 0 Å². The van der Waals surface area contributed by atoms with Crippen molar-refractivity contribution in [2.24, 2.45) is 0 Å². The molecule has 0 aliphatic carbocycles. The first-order chi connectivity index (χ1) is 16.8. The van der Waals surface area contributed by atoms with Crippen molar-refractivity contribution in [1.82, 2.24) is 9.80 Å². The fourth-order valence-electron chi connectivity index (χ4n) is 4.06. The monoisotopic (exact) mass is 488 g/mol. The third-order valence-electron chi connectivity index (χ3n) is 6.31. The lowest BCUT2D eigenvalue weighted by atomic mass is 10.1. The van der Waals surface area contributed by atoms with E-state index >= 15 is 0 Å². The molecule has 1 saturated heterocycles. The van der Waals surface area contributed by atoms with Crippen LogP contribution >= 0.6 is 0 Å². The number of aryl methyl sites for hydroxylation is 1. The molecule has 1 fully saturated rings. The predicted octanol–water partition coefficient (Wildman–Crippen LogP) is 3.65. The second-order valence-corrected chi connectivity index (χ2v) is 10.7. The Hall–Kier alpha value is -3.67. The van der Waals surface area contributed by atoms with Crippen LogP contribution in [-0.2, 0) is 16.6 Å². The van der Waals surface area contributed by atoms with Gasteiger partial charge in [-0.15, -0.1) is 0 Å². The summed E-state index contributed by atoms with van der Waals surface area (Å²) in [6, 6.07) is 23.1. The Kier molecular flexibility index (Phi) is 7.20. The van der Waals surface area contributed by atoms with Crippen molar-refractivity contribution >= 4 is 21.6 Å². The Balaban J connectivity index is 1.36. The number of piperazine rings is 1. The number of amides is 1. The molecule has 1 amide bonds. The number of benzene rings is 3. The van der Waals surface area contributed by atoms with Gasteiger partial charge in [0.15, 0.2) is 0 Å². The first-order valence-corrected chi connectivity index (χ1v) is 12.9. The minimum Gasteiger partial charge on any atom is -0.336 e. The van der Waals surface area contributed by atoms with Crippen LogP contribution in [0.4, 0.5) is 5.69 Å². The van der Waals surface area contributed by atoms with Gasteiger partial charge in [0.1, 0.15) is 0 Å². The third kappa shape index (κ3) is 5.53. The van der Waals surface area contributed by atoms with Crippen molar-refractivity contribution in [3.63, 3.8) is 0 Å². The number of sulfonamides is 1. The molecule has 8 heteroatoms. The van der Waals surface area contributed by atoms with E-state index < -0.39 is 10.0 Å². The zero-order valence-electron chi connectivity index (χ0n) is 19.9. The van der Waals surface area contributed by atoms with E-state index in [9.17, 15) is 13.2 Å². The number of rotatable bonds is 6. The second-order valence-electron chi connectivity index (χ2n) is 8.71. The van der Waals surface area contributed by atoms with Crippen molar-refractivity contribution < 1.29 is 13.2 Å². The smallest absolute Gasteiger partial charge is 0.264 e. The van der Waals surface area contributed by atoms with Crippen molar-refractivity contribution in [3.8, 4) is 6.07 Å². The molecule has 0 saturated carbocycles. The molecule has 0 aromatic heterocycles. The van der Waals surface area contributed by atoms with Crippen molar-refractivity contribution in [1.29, 1.82) is 5.26 Å². The first kappa shape index (κ1) is 24.5. The highest BCUT2D eigenvalue weighted by molar-refractivity contribution is 7.92. The Morgan fingerprint density at radius 3 is 2.09 bits per heavy atom. The molecule has 0 spiro atoms. The number of hydrogen-bond donors (Lipinski definition) is 0. The number of hydrogen-bond acceptors (Lipinski definition) is 5. The summed E-state index contributed by atoms with van der Waals surface area (Å²) in [6.07, 6.45) is 0. The highest BCUT2D eigenvalue weighted by atomic mass is 32.2. The van der Waals surface area contributed by atoms with Crippen LogP contribution < -0.4 is 4.31 Å². The number of carbonyl (C=O) groups excluding carboxylic acids is 1. The Bertz CT molecular complexity index is 1320. The second kappa shape index (κ2) is 10.3. The minimum atomic E-state index is -3.68. The van der Waals surface area contributed by atoms with E-state index in [4.69, 9.17) is 5.26 Å². The summed E-state index contributed by atoms with van der Waals surface area (Å²) in [5, 5.41) is 8.93. The van der Waals surface area contributed by atoms with E-state index in [1.165, 1.54) is 11.4 Å². The van der Waals surface area contributed by atoms with Crippen LogP contribution in [0.5, 0.6) is 0 Å². The summed E-state index contributed by atoms with van der Waals surface area (Å²) in [5.41, 5.74) is 3.81. The lowest BCUT2D eigenvalue weighted by Gasteiger charge is -2.34. The van der Waals surface area contributed by atoms with Gasteiger partial charge in [0.25, 0.3) is 15.9 Å². The summed E-state index contributed by atoms with van der Waals surface area (Å²) in [6.45, 7) is 5.47. The fourth-order valence-corrected chi connectivity index (χ4v) is 5.25. The molecule has 1 aliphatic heterocycles. The summed E-state index contributed by atoms with van der Waals surface area (Å²) < 4.78 is 27.1. The third-order valence-corrected chi connectivity index (χ3v) is 8.11. The first-order valence-electron chi connectivity index (χ1n) is 11.4. The molecule has 0 N–H and O–H groups in total. The summed E-state index contributed by atoms with van der Waals surface area (Å²) in [7, 11) is -2.17. The van der Waals surface area contributed by atoms with E-state index in [2.05, 4.69) is 11.0 Å². The zero-order chi connectivity index (χ0) is 25.0. The minimum absolute atomic E-state index is 0.0568. The molecule has 7 nitrogen and oxygen atoms in total. The highest BCUT2D eigenvalue weighted by Crippen LogP contribution is 2.23. The molecule has 180 valence electrons. The van der Waals surface area contributed by atoms with Gasteiger partial charge in [-0.1, -0.05) is 29.8 Å². The molecule has 0 bridgehead atoms. The maximum Gasteiger partial charge on any atom is 0.264 e. The van der Waals surface area contributed by atoms with Crippen molar-refractivity contribution in [2.45, 2.75) is 18.4 Å². The largest absolute Gasteiger partial charge is 0.336 e. The lowest BCUT2D eigenvalue weighted by Crippen LogP contribution is -2.48. The van der Waals surface area contributed by atoms with Gasteiger partial charge < -0.3 is 4.90 Å². The molecule has 4 rings (SSSR count). The maximum atomic E-state index is 13.0. The zero-order valence-corrected chi connectivity index (χ0v) is 20.7. The van der Waals surface area contributed by atoms with E-state index in [1.54, 1.807) is 48.5 Å². The molecular formula is C27H28N4O3S. The topological polar surface area (TPSA) is 84.7 Å². The van der Waals surface area contributed by atoms with Crippen LogP contribution in [0, 0.1) is 18.3 Å². The van der Waals surface area contributed by atoms with Gasteiger partial charge in [-0.3, -0.25) is 14.0 Å². The fraction of sp³-hybridized carbons (Fsp3) is 0.259. The van der Waals surface area contributed by atoms with E-state index in [1.807, 2.05) is 36.1 Å². The Morgan fingerprint density at radius 2 is 1.51 bits per heavy atom. The van der Waals surface area contributed by atoms with Gasteiger partial charge in [0.05, 0.1) is 22.2 Å².